The Bertz CT molecular complexity index is 352. The first-order chi connectivity index (χ1) is 8.27. The van der Waals surface area contributed by atoms with E-state index in [9.17, 15) is 0 Å². The summed E-state index contributed by atoms with van der Waals surface area (Å²) >= 11 is 0. The van der Waals surface area contributed by atoms with Crippen LogP contribution in [0, 0.1) is 0 Å². The van der Waals surface area contributed by atoms with Crippen LogP contribution in [0.1, 0.15) is 31.2 Å². The van der Waals surface area contributed by atoms with Gasteiger partial charge < -0.3 is 15.2 Å². The molecule has 0 fully saturated rings. The molecule has 1 aromatic carbocycles. The van der Waals surface area contributed by atoms with E-state index in [0.717, 1.165) is 38.3 Å². The molecule has 1 aliphatic heterocycles. The molecule has 0 aliphatic carbocycles. The van der Waals surface area contributed by atoms with Crippen molar-refractivity contribution in [1.82, 2.24) is 5.32 Å². The van der Waals surface area contributed by atoms with Gasteiger partial charge in [0.05, 0.1) is 12.7 Å². The van der Waals surface area contributed by atoms with Gasteiger partial charge in [-0.2, -0.15) is 0 Å². The molecule has 2 unspecified atom stereocenters. The topological polar surface area (TPSA) is 41.5 Å². The molecule has 1 heterocycles. The maximum Gasteiger partial charge on any atom is 0.122 e. The van der Waals surface area contributed by atoms with E-state index in [-0.39, 0.29) is 6.10 Å². The number of ether oxygens (including phenoxy) is 1. The molecule has 2 rings (SSSR count). The average Bonchev–Trinajstić information content (AvgIpc) is 2.72. The monoisotopic (exact) mass is 235 g/mol. The van der Waals surface area contributed by atoms with Crippen LogP contribution in [-0.2, 0) is 0 Å². The van der Waals surface area contributed by atoms with Gasteiger partial charge in [-0.05, 0) is 32.4 Å². The van der Waals surface area contributed by atoms with Gasteiger partial charge in [-0.25, -0.2) is 0 Å². The average molecular weight is 235 g/mol. The molecule has 0 amide bonds. The molecule has 2 atom stereocenters. The predicted octanol–water partition coefficient (Wildman–Crippen LogP) is 1.91. The van der Waals surface area contributed by atoms with Crippen LogP contribution in [0.25, 0.3) is 0 Å². The van der Waals surface area contributed by atoms with Crippen molar-refractivity contribution in [3.8, 4) is 5.75 Å². The van der Waals surface area contributed by atoms with E-state index in [0.29, 0.717) is 5.92 Å². The Labute approximate surface area is 103 Å². The number of hydrogen-bond donors (Lipinski definition) is 2. The van der Waals surface area contributed by atoms with Crippen LogP contribution in [0.5, 0.6) is 5.75 Å². The van der Waals surface area contributed by atoms with E-state index >= 15 is 0 Å². The van der Waals surface area contributed by atoms with Crippen molar-refractivity contribution in [2.45, 2.75) is 31.8 Å². The molecule has 2 N–H and O–H groups in total. The van der Waals surface area contributed by atoms with Gasteiger partial charge in [-0.3, -0.25) is 0 Å². The number of fused-ring (bicyclic) bond motifs is 1. The van der Waals surface area contributed by atoms with E-state index < -0.39 is 0 Å². The van der Waals surface area contributed by atoms with E-state index in [1.165, 1.54) is 5.56 Å². The maximum absolute atomic E-state index is 9.15. The van der Waals surface area contributed by atoms with Gasteiger partial charge in [0.25, 0.3) is 0 Å². The number of nitrogens with one attached hydrogen (secondary N) is 1. The number of hydrogen-bond acceptors (Lipinski definition) is 3. The van der Waals surface area contributed by atoms with Gasteiger partial charge in [0.2, 0.25) is 0 Å². The fourth-order valence-electron chi connectivity index (χ4n) is 2.20. The summed E-state index contributed by atoms with van der Waals surface area (Å²) in [5, 5.41) is 12.6. The van der Waals surface area contributed by atoms with Crippen LogP contribution in [0.15, 0.2) is 24.3 Å². The van der Waals surface area contributed by atoms with Gasteiger partial charge in [-0.15, -0.1) is 0 Å². The summed E-state index contributed by atoms with van der Waals surface area (Å²) in [6, 6.07) is 8.25. The zero-order chi connectivity index (χ0) is 12.1. The van der Waals surface area contributed by atoms with Crippen LogP contribution in [0.2, 0.25) is 0 Å². The highest BCUT2D eigenvalue weighted by Gasteiger charge is 2.22. The van der Waals surface area contributed by atoms with Crippen LogP contribution in [-0.4, -0.2) is 30.9 Å². The molecule has 1 aromatic rings. The van der Waals surface area contributed by atoms with Gasteiger partial charge in [0.15, 0.2) is 0 Å². The molecule has 0 radical (unpaired) electrons. The molecule has 3 nitrogen and oxygen atoms in total. The fraction of sp³-hybridized carbons (Fsp3) is 0.571. The van der Waals surface area contributed by atoms with Crippen molar-refractivity contribution in [3.05, 3.63) is 29.8 Å². The van der Waals surface area contributed by atoms with Crippen LogP contribution >= 0.6 is 0 Å². The lowest BCUT2D eigenvalue weighted by Crippen LogP contribution is -2.24. The van der Waals surface area contributed by atoms with Crippen molar-refractivity contribution in [1.29, 1.82) is 0 Å². The summed E-state index contributed by atoms with van der Waals surface area (Å²) in [6.45, 7) is 4.53. The lowest BCUT2D eigenvalue weighted by Gasteiger charge is -2.10. The summed E-state index contributed by atoms with van der Waals surface area (Å²) in [5.74, 6) is 1.50. The highest BCUT2D eigenvalue weighted by molar-refractivity contribution is 5.39. The van der Waals surface area contributed by atoms with Gasteiger partial charge in [0.1, 0.15) is 5.75 Å². The van der Waals surface area contributed by atoms with E-state index in [2.05, 4.69) is 17.4 Å². The van der Waals surface area contributed by atoms with Gasteiger partial charge in [-0.1, -0.05) is 18.2 Å². The second kappa shape index (κ2) is 6.03. The Hall–Kier alpha value is -1.06. The standard InChI is InChI=1S/C14H21NO2/c1-11(16)5-4-8-15-9-12-10-17-14-7-3-2-6-13(12)14/h2-3,6-7,11-12,15-16H,4-5,8-10H2,1H3. The van der Waals surface area contributed by atoms with Crippen molar-refractivity contribution >= 4 is 0 Å². The number of para-hydroxylation sites is 1. The Kier molecular flexibility index (Phi) is 4.40. The van der Waals surface area contributed by atoms with Crippen molar-refractivity contribution in [2.24, 2.45) is 0 Å². The molecule has 0 aromatic heterocycles. The Morgan fingerprint density at radius 2 is 2.29 bits per heavy atom. The number of benzene rings is 1. The molecule has 0 spiro atoms. The quantitative estimate of drug-likeness (QED) is 0.740. The first-order valence-corrected chi connectivity index (χ1v) is 6.38. The Morgan fingerprint density at radius 1 is 1.47 bits per heavy atom. The third-order valence-corrected chi connectivity index (χ3v) is 3.17. The number of aliphatic hydroxyl groups is 1. The van der Waals surface area contributed by atoms with Crippen molar-refractivity contribution in [3.63, 3.8) is 0 Å². The third-order valence-electron chi connectivity index (χ3n) is 3.17. The number of rotatable bonds is 6. The van der Waals surface area contributed by atoms with E-state index in [1.54, 1.807) is 0 Å². The van der Waals surface area contributed by atoms with Crippen molar-refractivity contribution < 1.29 is 9.84 Å². The zero-order valence-corrected chi connectivity index (χ0v) is 10.4. The minimum absolute atomic E-state index is 0.188. The zero-order valence-electron chi connectivity index (χ0n) is 10.4. The molecule has 0 saturated carbocycles. The molecule has 3 heteroatoms. The molecule has 17 heavy (non-hydrogen) atoms. The Balaban J connectivity index is 1.71. The normalized spacial score (nSPS) is 19.8. The second-order valence-corrected chi connectivity index (χ2v) is 4.74. The highest BCUT2D eigenvalue weighted by Crippen LogP contribution is 2.32. The largest absolute Gasteiger partial charge is 0.493 e. The SMILES string of the molecule is CC(O)CCCNCC1COc2ccccc21. The number of aliphatic hydroxyl groups excluding tert-OH is 1. The first kappa shape index (κ1) is 12.4. The third kappa shape index (κ3) is 3.45. The molecule has 0 bridgehead atoms. The van der Waals surface area contributed by atoms with Crippen molar-refractivity contribution in [2.75, 3.05) is 19.7 Å². The minimum Gasteiger partial charge on any atom is -0.493 e. The maximum atomic E-state index is 9.15. The molecule has 0 saturated heterocycles. The van der Waals surface area contributed by atoms with Crippen LogP contribution in [0.4, 0.5) is 0 Å². The van der Waals surface area contributed by atoms with E-state index in [4.69, 9.17) is 9.84 Å². The van der Waals surface area contributed by atoms with Crippen LogP contribution < -0.4 is 10.1 Å². The molecular weight excluding hydrogens is 214 g/mol. The first-order valence-electron chi connectivity index (χ1n) is 6.38. The van der Waals surface area contributed by atoms with Gasteiger partial charge >= 0.3 is 0 Å². The summed E-state index contributed by atoms with van der Waals surface area (Å²) < 4.78 is 5.63. The fourth-order valence-corrected chi connectivity index (χ4v) is 2.20. The minimum atomic E-state index is -0.188. The smallest absolute Gasteiger partial charge is 0.122 e. The highest BCUT2D eigenvalue weighted by atomic mass is 16.5. The summed E-state index contributed by atoms with van der Waals surface area (Å²) in [6.07, 6.45) is 1.70. The summed E-state index contributed by atoms with van der Waals surface area (Å²) in [7, 11) is 0. The Morgan fingerprint density at radius 3 is 3.12 bits per heavy atom. The lowest BCUT2D eigenvalue weighted by atomic mass is 10.0. The van der Waals surface area contributed by atoms with E-state index in [1.807, 2.05) is 19.1 Å². The molecule has 94 valence electrons. The second-order valence-electron chi connectivity index (χ2n) is 4.74. The lowest BCUT2D eigenvalue weighted by molar-refractivity contribution is 0.181. The molecular formula is C14H21NO2. The van der Waals surface area contributed by atoms with Gasteiger partial charge in [0, 0.05) is 18.0 Å². The van der Waals surface area contributed by atoms with Crippen LogP contribution in [0.3, 0.4) is 0 Å². The predicted molar refractivity (Wildman–Crippen MR) is 68.5 cm³/mol. The summed E-state index contributed by atoms with van der Waals surface area (Å²) in [4.78, 5) is 0. The molecule has 1 aliphatic rings. The summed E-state index contributed by atoms with van der Waals surface area (Å²) in [5.41, 5.74) is 1.32.